The maximum atomic E-state index is 13.1. The van der Waals surface area contributed by atoms with Crippen molar-refractivity contribution in [2.75, 3.05) is 19.6 Å². The van der Waals surface area contributed by atoms with Gasteiger partial charge in [0.1, 0.15) is 11.5 Å². The van der Waals surface area contributed by atoms with Gasteiger partial charge < -0.3 is 10.6 Å². The van der Waals surface area contributed by atoms with E-state index in [9.17, 15) is 9.18 Å². The number of hydrogen-bond acceptors (Lipinski definition) is 4. The van der Waals surface area contributed by atoms with Crippen molar-refractivity contribution < 1.29 is 9.18 Å². The van der Waals surface area contributed by atoms with E-state index in [0.29, 0.717) is 31.7 Å². The number of amides is 1. The minimum Gasteiger partial charge on any atom is -0.336 e. The third-order valence-electron chi connectivity index (χ3n) is 5.30. The molecule has 3 aromatic rings. The number of aromatic nitrogens is 1. The van der Waals surface area contributed by atoms with E-state index in [1.165, 1.54) is 29.0 Å². The van der Waals surface area contributed by atoms with E-state index >= 15 is 0 Å². The molecule has 0 spiro atoms. The van der Waals surface area contributed by atoms with Crippen LogP contribution in [0.3, 0.4) is 0 Å². The summed E-state index contributed by atoms with van der Waals surface area (Å²) in [6.07, 6.45) is 0.594. The molecule has 1 saturated heterocycles. The van der Waals surface area contributed by atoms with Crippen LogP contribution in [-0.2, 0) is 6.42 Å². The molecule has 0 bridgehead atoms. The zero-order valence-electron chi connectivity index (χ0n) is 15.4. The van der Waals surface area contributed by atoms with Crippen LogP contribution in [0.25, 0.3) is 0 Å². The zero-order chi connectivity index (χ0) is 19.5. The van der Waals surface area contributed by atoms with Crippen molar-refractivity contribution in [2.45, 2.75) is 12.3 Å². The molecule has 2 atom stereocenters. The van der Waals surface area contributed by atoms with Crippen molar-refractivity contribution >= 4 is 17.2 Å². The van der Waals surface area contributed by atoms with Gasteiger partial charge >= 0.3 is 0 Å². The van der Waals surface area contributed by atoms with Crippen molar-refractivity contribution in [1.29, 1.82) is 0 Å². The number of thiazole rings is 1. The predicted octanol–water partition coefficient (Wildman–Crippen LogP) is 3.69. The maximum absolute atomic E-state index is 13.1. The third-order valence-corrected chi connectivity index (χ3v) is 6.15. The number of halogens is 1. The van der Waals surface area contributed by atoms with E-state index in [0.717, 1.165) is 10.6 Å². The largest absolute Gasteiger partial charge is 0.336 e. The van der Waals surface area contributed by atoms with Gasteiger partial charge in [-0.3, -0.25) is 4.79 Å². The lowest BCUT2D eigenvalue weighted by Crippen LogP contribution is -2.30. The molecule has 2 aromatic carbocycles. The van der Waals surface area contributed by atoms with Crippen LogP contribution < -0.4 is 5.73 Å². The van der Waals surface area contributed by atoms with Crippen LogP contribution in [-0.4, -0.2) is 35.4 Å². The first kappa shape index (κ1) is 18.8. The molecule has 1 aliphatic rings. The van der Waals surface area contributed by atoms with Crippen LogP contribution in [0.1, 0.15) is 32.5 Å². The number of carbonyl (C=O) groups excluding carboxylic acids is 1. The Kier molecular flexibility index (Phi) is 5.50. The van der Waals surface area contributed by atoms with Gasteiger partial charge in [-0.15, -0.1) is 11.3 Å². The van der Waals surface area contributed by atoms with E-state index in [4.69, 9.17) is 5.73 Å². The lowest BCUT2D eigenvalue weighted by atomic mass is 9.89. The Bertz CT molecular complexity index is 942. The molecule has 4 nitrogen and oxygen atoms in total. The zero-order valence-corrected chi connectivity index (χ0v) is 16.2. The highest BCUT2D eigenvalue weighted by Gasteiger charge is 2.36. The molecule has 28 heavy (non-hydrogen) atoms. The fraction of sp³-hybridized carbons (Fsp3) is 0.273. The molecule has 1 amide bonds. The molecule has 2 N–H and O–H groups in total. The van der Waals surface area contributed by atoms with Crippen molar-refractivity contribution in [2.24, 2.45) is 11.7 Å². The van der Waals surface area contributed by atoms with Crippen molar-refractivity contribution in [3.05, 3.63) is 87.6 Å². The highest BCUT2D eigenvalue weighted by atomic mass is 32.1. The maximum Gasteiger partial charge on any atom is 0.273 e. The summed E-state index contributed by atoms with van der Waals surface area (Å²) >= 11 is 1.46. The fourth-order valence-corrected chi connectivity index (χ4v) is 4.59. The topological polar surface area (TPSA) is 59.2 Å². The van der Waals surface area contributed by atoms with E-state index in [1.807, 2.05) is 28.5 Å². The molecule has 2 heterocycles. The Morgan fingerprint density at radius 1 is 1.14 bits per heavy atom. The molecule has 0 saturated carbocycles. The van der Waals surface area contributed by atoms with Crippen LogP contribution in [0.4, 0.5) is 4.39 Å². The van der Waals surface area contributed by atoms with Gasteiger partial charge in [-0.1, -0.05) is 42.5 Å². The van der Waals surface area contributed by atoms with E-state index < -0.39 is 0 Å². The molecule has 144 valence electrons. The Labute approximate surface area is 167 Å². The van der Waals surface area contributed by atoms with Gasteiger partial charge in [0.15, 0.2) is 0 Å². The van der Waals surface area contributed by atoms with E-state index in [-0.39, 0.29) is 23.6 Å². The average molecular weight is 396 g/mol. The Morgan fingerprint density at radius 3 is 2.61 bits per heavy atom. The summed E-state index contributed by atoms with van der Waals surface area (Å²) in [5.74, 6) is 0.213. The molecular formula is C22H22FN3OS. The second-order valence-corrected chi connectivity index (χ2v) is 8.10. The third kappa shape index (κ3) is 3.98. The number of nitrogens with zero attached hydrogens (tertiary/aromatic N) is 2. The number of nitrogens with two attached hydrogens (primary N) is 1. The first-order valence-electron chi connectivity index (χ1n) is 9.37. The predicted molar refractivity (Wildman–Crippen MR) is 109 cm³/mol. The normalized spacial score (nSPS) is 19.1. The Morgan fingerprint density at radius 2 is 1.89 bits per heavy atom. The van der Waals surface area contributed by atoms with Crippen LogP contribution in [0.15, 0.2) is 60.0 Å². The van der Waals surface area contributed by atoms with E-state index in [1.54, 1.807) is 12.1 Å². The number of carbonyl (C=O) groups is 1. The van der Waals surface area contributed by atoms with E-state index in [2.05, 4.69) is 17.1 Å². The second-order valence-electron chi connectivity index (χ2n) is 7.15. The standard InChI is InChI=1S/C22H22FN3OS/c23-18-8-6-15(7-9-18)10-21-25-20(14-28-21)22(27)26-12-17(11-24)19(13-26)16-4-2-1-3-5-16/h1-9,14,17,19H,10-13,24H2/t17-,19+/m1/s1. The van der Waals surface area contributed by atoms with Gasteiger partial charge in [0.25, 0.3) is 5.91 Å². The summed E-state index contributed by atoms with van der Waals surface area (Å²) < 4.78 is 13.1. The van der Waals surface area contributed by atoms with Crippen molar-refractivity contribution in [3.8, 4) is 0 Å². The van der Waals surface area contributed by atoms with Crippen LogP contribution >= 0.6 is 11.3 Å². The van der Waals surface area contributed by atoms with Crippen molar-refractivity contribution in [3.63, 3.8) is 0 Å². The Hall–Kier alpha value is -2.57. The van der Waals surface area contributed by atoms with Crippen LogP contribution in [0.5, 0.6) is 0 Å². The summed E-state index contributed by atoms with van der Waals surface area (Å²) in [6.45, 7) is 1.87. The van der Waals surface area contributed by atoms with Crippen LogP contribution in [0.2, 0.25) is 0 Å². The molecule has 1 fully saturated rings. The lowest BCUT2D eigenvalue weighted by molar-refractivity contribution is 0.0781. The smallest absolute Gasteiger partial charge is 0.273 e. The summed E-state index contributed by atoms with van der Waals surface area (Å²) in [7, 11) is 0. The minimum atomic E-state index is -0.254. The Balaban J connectivity index is 1.46. The molecule has 0 unspecified atom stereocenters. The summed E-state index contributed by atoms with van der Waals surface area (Å²) in [6, 6.07) is 16.6. The summed E-state index contributed by atoms with van der Waals surface area (Å²) in [5.41, 5.74) is 8.66. The van der Waals surface area contributed by atoms with Crippen molar-refractivity contribution in [1.82, 2.24) is 9.88 Å². The number of rotatable bonds is 5. The number of hydrogen-bond donors (Lipinski definition) is 1. The molecule has 4 rings (SSSR count). The molecule has 1 aromatic heterocycles. The fourth-order valence-electron chi connectivity index (χ4n) is 3.78. The van der Waals surface area contributed by atoms with Gasteiger partial charge in [-0.25, -0.2) is 9.37 Å². The van der Waals surface area contributed by atoms with Gasteiger partial charge in [-0.2, -0.15) is 0 Å². The lowest BCUT2D eigenvalue weighted by Gasteiger charge is -2.16. The first-order valence-corrected chi connectivity index (χ1v) is 10.2. The quantitative estimate of drug-likeness (QED) is 0.717. The van der Waals surface area contributed by atoms with Gasteiger partial charge in [0, 0.05) is 30.8 Å². The minimum absolute atomic E-state index is 0.0431. The molecule has 0 radical (unpaired) electrons. The highest BCUT2D eigenvalue weighted by Crippen LogP contribution is 2.33. The van der Waals surface area contributed by atoms with Gasteiger partial charge in [0.2, 0.25) is 0 Å². The summed E-state index contributed by atoms with van der Waals surface area (Å²) in [5, 5.41) is 2.67. The number of likely N-dealkylation sites (tertiary alicyclic amines) is 1. The van der Waals surface area contributed by atoms with Gasteiger partial charge in [-0.05, 0) is 35.7 Å². The molecule has 6 heteroatoms. The van der Waals surface area contributed by atoms with Crippen LogP contribution in [0, 0.1) is 11.7 Å². The molecular weight excluding hydrogens is 373 g/mol. The summed E-state index contributed by atoms with van der Waals surface area (Å²) in [4.78, 5) is 19.4. The second kappa shape index (κ2) is 8.20. The molecule has 0 aliphatic carbocycles. The van der Waals surface area contributed by atoms with Gasteiger partial charge in [0.05, 0.1) is 5.01 Å². The monoisotopic (exact) mass is 395 g/mol. The number of benzene rings is 2. The molecule has 1 aliphatic heterocycles. The highest BCUT2D eigenvalue weighted by molar-refractivity contribution is 7.09. The first-order chi connectivity index (χ1) is 13.6. The SMILES string of the molecule is NC[C@@H]1CN(C(=O)c2csc(Cc3ccc(F)cc3)n2)C[C@H]1c1ccccc1. The average Bonchev–Trinajstić information content (AvgIpc) is 3.37.